The number of fused-ring (bicyclic) bond motifs is 1. The minimum Gasteiger partial charge on any atom is -0.497 e. The molecule has 5 nitrogen and oxygen atoms in total. The van der Waals surface area contributed by atoms with E-state index in [1.54, 1.807) is 7.11 Å². The first-order valence-corrected chi connectivity index (χ1v) is 9.93. The predicted molar refractivity (Wildman–Crippen MR) is 111 cm³/mol. The van der Waals surface area contributed by atoms with E-state index in [0.717, 1.165) is 23.3 Å². The van der Waals surface area contributed by atoms with Gasteiger partial charge in [0, 0.05) is 18.7 Å². The molecule has 0 unspecified atom stereocenters. The zero-order valence-electron chi connectivity index (χ0n) is 17.4. The van der Waals surface area contributed by atoms with Crippen LogP contribution in [-0.2, 0) is 9.53 Å². The van der Waals surface area contributed by atoms with Crippen molar-refractivity contribution in [3.8, 4) is 16.9 Å². The van der Waals surface area contributed by atoms with E-state index < -0.39 is 5.41 Å². The molecule has 1 amide bonds. The van der Waals surface area contributed by atoms with Crippen molar-refractivity contribution in [2.75, 3.05) is 27.3 Å². The number of methoxy groups -OCH3 is 2. The lowest BCUT2D eigenvalue weighted by Gasteiger charge is -2.54. The molecule has 1 aliphatic heterocycles. The predicted octanol–water partition coefficient (Wildman–Crippen LogP) is 4.02. The second kappa shape index (κ2) is 6.90. The lowest BCUT2D eigenvalue weighted by atomic mass is 9.48. The van der Waals surface area contributed by atoms with E-state index in [1.807, 2.05) is 53.4 Å². The van der Waals surface area contributed by atoms with E-state index in [4.69, 9.17) is 9.47 Å². The Labute approximate surface area is 171 Å². The lowest BCUT2D eigenvalue weighted by Crippen LogP contribution is -2.57. The molecule has 2 fully saturated rings. The third-order valence-electron chi connectivity index (χ3n) is 6.67. The number of carbonyl (C=O) groups is 2. The van der Waals surface area contributed by atoms with Crippen LogP contribution in [0.15, 0.2) is 48.5 Å². The third-order valence-corrected chi connectivity index (χ3v) is 6.67. The van der Waals surface area contributed by atoms with Gasteiger partial charge >= 0.3 is 5.97 Å². The van der Waals surface area contributed by atoms with Crippen LogP contribution in [0.3, 0.4) is 0 Å². The fraction of sp³-hybridized carbons (Fsp3) is 0.417. The highest BCUT2D eigenvalue weighted by Gasteiger charge is 2.68. The van der Waals surface area contributed by atoms with Gasteiger partial charge in [-0.3, -0.25) is 9.59 Å². The van der Waals surface area contributed by atoms with Crippen LogP contribution >= 0.6 is 0 Å². The van der Waals surface area contributed by atoms with Gasteiger partial charge in [0.25, 0.3) is 5.91 Å². The van der Waals surface area contributed by atoms with Gasteiger partial charge < -0.3 is 14.4 Å². The molecule has 152 valence electrons. The molecular formula is C24H27NO4. The molecule has 0 bridgehead atoms. The summed E-state index contributed by atoms with van der Waals surface area (Å²) >= 11 is 0. The van der Waals surface area contributed by atoms with Crippen molar-refractivity contribution < 1.29 is 19.1 Å². The van der Waals surface area contributed by atoms with Crippen LogP contribution < -0.4 is 4.74 Å². The Hall–Kier alpha value is -2.82. The summed E-state index contributed by atoms with van der Waals surface area (Å²) in [5.74, 6) is 0.707. The van der Waals surface area contributed by atoms with Gasteiger partial charge in [-0.25, -0.2) is 0 Å². The first-order valence-electron chi connectivity index (χ1n) is 9.93. The Kier molecular flexibility index (Phi) is 4.64. The molecule has 0 N–H and O–H groups in total. The summed E-state index contributed by atoms with van der Waals surface area (Å²) in [6.45, 7) is 5.35. The number of hydrogen-bond donors (Lipinski definition) is 0. The molecule has 0 radical (unpaired) electrons. The van der Waals surface area contributed by atoms with Crippen LogP contribution in [-0.4, -0.2) is 44.1 Å². The van der Waals surface area contributed by atoms with Crippen LogP contribution in [0.4, 0.5) is 0 Å². The van der Waals surface area contributed by atoms with E-state index in [2.05, 4.69) is 13.8 Å². The molecule has 2 aromatic rings. The lowest BCUT2D eigenvalue weighted by molar-refractivity contribution is -0.174. The number of hydrogen-bond acceptors (Lipinski definition) is 4. The van der Waals surface area contributed by atoms with Crippen molar-refractivity contribution in [3.63, 3.8) is 0 Å². The molecule has 2 aliphatic rings. The molecule has 1 heterocycles. The van der Waals surface area contributed by atoms with E-state index in [0.29, 0.717) is 18.7 Å². The maximum absolute atomic E-state index is 13.3. The van der Waals surface area contributed by atoms with Crippen molar-refractivity contribution in [1.82, 2.24) is 4.90 Å². The summed E-state index contributed by atoms with van der Waals surface area (Å²) in [5.41, 5.74) is 2.12. The van der Waals surface area contributed by atoms with E-state index in [1.165, 1.54) is 7.11 Å². The van der Waals surface area contributed by atoms with E-state index in [9.17, 15) is 9.59 Å². The van der Waals surface area contributed by atoms with Crippen LogP contribution in [0.5, 0.6) is 5.75 Å². The van der Waals surface area contributed by atoms with Crippen molar-refractivity contribution in [2.45, 2.75) is 20.3 Å². The Balaban J connectivity index is 1.58. The van der Waals surface area contributed by atoms with Gasteiger partial charge in [-0.15, -0.1) is 0 Å². The summed E-state index contributed by atoms with van der Waals surface area (Å²) in [4.78, 5) is 27.6. The Bertz CT molecular complexity index is 950. The summed E-state index contributed by atoms with van der Waals surface area (Å²) in [6.07, 6.45) is 0.757. The van der Waals surface area contributed by atoms with Gasteiger partial charge in [0.05, 0.1) is 19.6 Å². The smallest absolute Gasteiger partial charge is 0.314 e. The Morgan fingerprint density at radius 3 is 2.38 bits per heavy atom. The van der Waals surface area contributed by atoms with Crippen molar-refractivity contribution in [3.05, 3.63) is 54.1 Å². The molecule has 0 spiro atoms. The minimum absolute atomic E-state index is 0.0335. The quantitative estimate of drug-likeness (QED) is 0.736. The van der Waals surface area contributed by atoms with Gasteiger partial charge in [0.15, 0.2) is 0 Å². The summed E-state index contributed by atoms with van der Waals surface area (Å²) in [5, 5.41) is 0. The Morgan fingerprint density at radius 2 is 1.76 bits per heavy atom. The first-order chi connectivity index (χ1) is 13.8. The average Bonchev–Trinajstić information content (AvgIpc) is 3.08. The van der Waals surface area contributed by atoms with E-state index in [-0.39, 0.29) is 23.2 Å². The van der Waals surface area contributed by atoms with Crippen LogP contribution in [0, 0.1) is 16.7 Å². The number of esters is 1. The largest absolute Gasteiger partial charge is 0.497 e. The second-order valence-electron chi connectivity index (χ2n) is 8.86. The average molecular weight is 393 g/mol. The Morgan fingerprint density at radius 1 is 1.03 bits per heavy atom. The highest BCUT2D eigenvalue weighted by molar-refractivity contribution is 5.96. The molecular weight excluding hydrogens is 366 g/mol. The van der Waals surface area contributed by atoms with Crippen LogP contribution in [0.1, 0.15) is 30.6 Å². The maximum atomic E-state index is 13.3. The molecule has 0 aromatic heterocycles. The number of rotatable bonds is 4. The fourth-order valence-corrected chi connectivity index (χ4v) is 5.32. The summed E-state index contributed by atoms with van der Waals surface area (Å²) in [7, 11) is 3.07. The van der Waals surface area contributed by atoms with Crippen molar-refractivity contribution in [2.24, 2.45) is 16.7 Å². The van der Waals surface area contributed by atoms with Gasteiger partial charge in [-0.1, -0.05) is 38.1 Å². The highest BCUT2D eigenvalue weighted by atomic mass is 16.5. The van der Waals surface area contributed by atoms with Crippen LogP contribution in [0.25, 0.3) is 11.1 Å². The number of ether oxygens (including phenoxy) is 2. The number of benzene rings is 2. The molecule has 2 aromatic carbocycles. The monoisotopic (exact) mass is 393 g/mol. The molecule has 4 rings (SSSR count). The van der Waals surface area contributed by atoms with Crippen molar-refractivity contribution >= 4 is 11.9 Å². The first kappa shape index (κ1) is 19.5. The number of amides is 1. The molecule has 5 heteroatoms. The van der Waals surface area contributed by atoms with Gasteiger partial charge in [0.1, 0.15) is 5.75 Å². The molecule has 29 heavy (non-hydrogen) atoms. The van der Waals surface area contributed by atoms with Gasteiger partial charge in [-0.05, 0) is 53.1 Å². The SMILES string of the molecule is COC(=O)[C@@]12CN(C(=O)c3cccc(-c4ccc(OC)cc4)c3)C[C@@H]1C(C)(C)C2. The standard InChI is InChI=1S/C24H27NO4/c1-23(2)14-24(22(27)29-4)15-25(13-20(23)24)21(26)18-7-5-6-17(12-18)16-8-10-19(28-3)11-9-16/h5-12,20H,13-15H2,1-4H3/t20-,24+/m1/s1. The fourth-order valence-electron chi connectivity index (χ4n) is 5.32. The van der Waals surface area contributed by atoms with Crippen molar-refractivity contribution in [1.29, 1.82) is 0 Å². The second-order valence-corrected chi connectivity index (χ2v) is 8.86. The van der Waals surface area contributed by atoms with Gasteiger partial charge in [-0.2, -0.15) is 0 Å². The normalized spacial score (nSPS) is 24.4. The van der Waals surface area contributed by atoms with Gasteiger partial charge in [0.2, 0.25) is 0 Å². The maximum Gasteiger partial charge on any atom is 0.314 e. The summed E-state index contributed by atoms with van der Waals surface area (Å²) in [6, 6.07) is 15.4. The highest BCUT2D eigenvalue weighted by Crippen LogP contribution is 2.63. The zero-order valence-corrected chi connectivity index (χ0v) is 17.4. The number of carbonyl (C=O) groups excluding carboxylic acids is 2. The van der Waals surface area contributed by atoms with E-state index >= 15 is 0 Å². The molecule has 1 aliphatic carbocycles. The third kappa shape index (κ3) is 3.09. The molecule has 1 saturated heterocycles. The number of likely N-dealkylation sites (tertiary alicyclic amines) is 1. The molecule has 1 saturated carbocycles. The number of nitrogens with zero attached hydrogens (tertiary/aromatic N) is 1. The summed E-state index contributed by atoms with van der Waals surface area (Å²) < 4.78 is 10.3. The molecule has 2 atom stereocenters. The topological polar surface area (TPSA) is 55.8 Å². The minimum atomic E-state index is -0.554. The zero-order chi connectivity index (χ0) is 20.8. The van der Waals surface area contributed by atoms with Crippen LogP contribution in [0.2, 0.25) is 0 Å².